The molecule has 4 aliphatic rings. The predicted molar refractivity (Wildman–Crippen MR) is 126 cm³/mol. The van der Waals surface area contributed by atoms with Gasteiger partial charge < -0.3 is 19.1 Å². The third kappa shape index (κ3) is 4.29. The molecule has 3 heterocycles. The quantitative estimate of drug-likeness (QED) is 0.639. The van der Waals surface area contributed by atoms with Gasteiger partial charge in [0.25, 0.3) is 10.2 Å². The molecule has 9 nitrogen and oxygen atoms in total. The maximum atomic E-state index is 14.0. The van der Waals surface area contributed by atoms with Crippen molar-refractivity contribution in [2.24, 2.45) is 0 Å². The first-order valence-corrected chi connectivity index (χ1v) is 13.8. The van der Waals surface area contributed by atoms with E-state index in [0.717, 1.165) is 37.7 Å². The highest BCUT2D eigenvalue weighted by Gasteiger charge is 2.46. The molecule has 1 aromatic rings. The van der Waals surface area contributed by atoms with Crippen LogP contribution in [0.25, 0.3) is 0 Å². The fourth-order valence-corrected chi connectivity index (χ4v) is 7.63. The number of nitrogens with zero attached hydrogens (tertiary/aromatic N) is 3. The summed E-state index contributed by atoms with van der Waals surface area (Å²) in [5.74, 6) is 1.52. The molecular formula is C24H35N3O6S. The molecule has 34 heavy (non-hydrogen) atoms. The van der Waals surface area contributed by atoms with Crippen molar-refractivity contribution in [1.29, 1.82) is 0 Å². The molecule has 5 rings (SSSR count). The lowest BCUT2D eigenvalue weighted by atomic mass is 9.68. The monoisotopic (exact) mass is 493 g/mol. The Morgan fingerprint density at radius 2 is 1.56 bits per heavy atom. The summed E-state index contributed by atoms with van der Waals surface area (Å²) in [6.07, 6.45) is 4.47. The maximum absolute atomic E-state index is 14.0. The number of morpholine rings is 1. The first-order chi connectivity index (χ1) is 16.3. The smallest absolute Gasteiger partial charge is 0.282 e. The lowest BCUT2D eigenvalue weighted by Crippen LogP contribution is -2.59. The van der Waals surface area contributed by atoms with Gasteiger partial charge in [-0.1, -0.05) is 25.3 Å². The van der Waals surface area contributed by atoms with Gasteiger partial charge in [-0.2, -0.15) is 17.0 Å². The molecule has 2 unspecified atom stereocenters. The number of amides is 1. The Balaban J connectivity index is 1.31. The van der Waals surface area contributed by atoms with Crippen molar-refractivity contribution in [2.75, 3.05) is 46.1 Å². The number of ether oxygens (including phenoxy) is 3. The lowest BCUT2D eigenvalue weighted by Gasteiger charge is -2.44. The second kappa shape index (κ2) is 9.29. The van der Waals surface area contributed by atoms with Crippen LogP contribution >= 0.6 is 0 Å². The summed E-state index contributed by atoms with van der Waals surface area (Å²) in [5, 5.41) is 0. The number of piperazine rings is 1. The van der Waals surface area contributed by atoms with Crippen LogP contribution in [0.5, 0.6) is 11.5 Å². The number of carbonyl (C=O) groups excluding carboxylic acids is 1. The second-order valence-electron chi connectivity index (χ2n) is 9.98. The standard InChI is InChI=1S/C24H35N3O6S/c1-18-15-27(16-19(2)33-18)34(29,30)26-12-10-25(11-13-26)23(28)24(8-4-3-5-9-24)20-6-7-21-22(14-20)32-17-31-21/h6-7,14,18-19H,3-5,8-13,15-17H2,1-2H3. The largest absolute Gasteiger partial charge is 0.454 e. The summed E-state index contributed by atoms with van der Waals surface area (Å²) >= 11 is 0. The van der Waals surface area contributed by atoms with Crippen molar-refractivity contribution in [2.45, 2.75) is 63.6 Å². The molecule has 1 amide bonds. The molecule has 3 fully saturated rings. The van der Waals surface area contributed by atoms with Crippen molar-refractivity contribution >= 4 is 16.1 Å². The summed E-state index contributed by atoms with van der Waals surface area (Å²) < 4.78 is 46.3. The normalized spacial score (nSPS) is 28.1. The Labute approximate surface area is 202 Å². The van der Waals surface area contributed by atoms with Gasteiger partial charge in [-0.25, -0.2) is 0 Å². The number of rotatable bonds is 4. The molecule has 0 bridgehead atoms. The minimum atomic E-state index is -3.58. The van der Waals surface area contributed by atoms with Gasteiger partial charge in [-0.05, 0) is 44.4 Å². The molecule has 0 radical (unpaired) electrons. The lowest BCUT2D eigenvalue weighted by molar-refractivity contribution is -0.140. The van der Waals surface area contributed by atoms with Crippen molar-refractivity contribution < 1.29 is 27.4 Å². The van der Waals surface area contributed by atoms with E-state index < -0.39 is 15.6 Å². The van der Waals surface area contributed by atoms with Gasteiger partial charge in [0.1, 0.15) is 0 Å². The van der Waals surface area contributed by atoms with E-state index in [0.29, 0.717) is 50.8 Å². The first kappa shape index (κ1) is 23.8. The Morgan fingerprint density at radius 1 is 0.912 bits per heavy atom. The Hall–Kier alpha value is -1.88. The van der Waals surface area contributed by atoms with Gasteiger partial charge in [-0.3, -0.25) is 4.79 Å². The van der Waals surface area contributed by atoms with E-state index >= 15 is 0 Å². The van der Waals surface area contributed by atoms with Gasteiger partial charge >= 0.3 is 0 Å². The van der Waals surface area contributed by atoms with Crippen LogP contribution in [0, 0.1) is 0 Å². The number of hydrogen-bond donors (Lipinski definition) is 0. The van der Waals surface area contributed by atoms with Crippen molar-refractivity contribution in [3.05, 3.63) is 23.8 Å². The van der Waals surface area contributed by atoms with Crippen LogP contribution in [0.4, 0.5) is 0 Å². The van der Waals surface area contributed by atoms with Gasteiger partial charge in [0, 0.05) is 39.3 Å². The van der Waals surface area contributed by atoms with Gasteiger partial charge in [0.05, 0.1) is 17.6 Å². The first-order valence-electron chi connectivity index (χ1n) is 12.4. The SMILES string of the molecule is CC1CN(S(=O)(=O)N2CCN(C(=O)C3(c4ccc5c(c4)OCO5)CCCCC3)CC2)CC(C)O1. The summed E-state index contributed by atoms with van der Waals surface area (Å²) in [7, 11) is -3.58. The van der Waals surface area contributed by atoms with E-state index in [9.17, 15) is 13.2 Å². The summed E-state index contributed by atoms with van der Waals surface area (Å²) in [6.45, 7) is 6.15. The van der Waals surface area contributed by atoms with E-state index in [4.69, 9.17) is 14.2 Å². The Morgan fingerprint density at radius 3 is 2.24 bits per heavy atom. The third-order valence-corrected chi connectivity index (χ3v) is 9.57. The van der Waals surface area contributed by atoms with E-state index in [1.807, 2.05) is 36.9 Å². The van der Waals surface area contributed by atoms with Crippen molar-refractivity contribution in [1.82, 2.24) is 13.5 Å². The van der Waals surface area contributed by atoms with Crippen molar-refractivity contribution in [3.8, 4) is 11.5 Å². The number of carbonyl (C=O) groups is 1. The summed E-state index contributed by atoms with van der Waals surface area (Å²) in [4.78, 5) is 15.8. The van der Waals surface area contributed by atoms with Crippen LogP contribution < -0.4 is 9.47 Å². The predicted octanol–water partition coefficient (Wildman–Crippen LogP) is 2.12. The van der Waals surface area contributed by atoms with Crippen molar-refractivity contribution in [3.63, 3.8) is 0 Å². The van der Waals surface area contributed by atoms with Crippen LogP contribution in [-0.2, 0) is 25.2 Å². The zero-order valence-corrected chi connectivity index (χ0v) is 20.9. The van der Waals surface area contributed by atoms with Crippen LogP contribution in [0.3, 0.4) is 0 Å². The van der Waals surface area contributed by atoms with E-state index in [1.165, 1.54) is 8.61 Å². The van der Waals surface area contributed by atoms with Gasteiger partial charge in [0.15, 0.2) is 11.5 Å². The molecule has 0 spiro atoms. The minimum Gasteiger partial charge on any atom is -0.454 e. The summed E-state index contributed by atoms with van der Waals surface area (Å²) in [6, 6.07) is 5.86. The second-order valence-corrected chi connectivity index (χ2v) is 11.9. The highest BCUT2D eigenvalue weighted by Crippen LogP contribution is 2.44. The fourth-order valence-electron chi connectivity index (χ4n) is 5.88. The van der Waals surface area contributed by atoms with Gasteiger partial charge in [0.2, 0.25) is 12.7 Å². The minimum absolute atomic E-state index is 0.108. The third-order valence-electron chi connectivity index (χ3n) is 7.61. The molecule has 1 saturated carbocycles. The van der Waals surface area contributed by atoms with E-state index in [-0.39, 0.29) is 24.9 Å². The summed E-state index contributed by atoms with van der Waals surface area (Å²) in [5.41, 5.74) is 0.391. The Bertz CT molecular complexity index is 1010. The number of benzene rings is 1. The molecule has 188 valence electrons. The molecular weight excluding hydrogens is 458 g/mol. The van der Waals surface area contributed by atoms with E-state index in [1.54, 1.807) is 0 Å². The van der Waals surface area contributed by atoms with Crippen LogP contribution in [0.2, 0.25) is 0 Å². The molecule has 0 N–H and O–H groups in total. The number of hydrogen-bond acceptors (Lipinski definition) is 6. The van der Waals surface area contributed by atoms with Gasteiger partial charge in [-0.15, -0.1) is 0 Å². The van der Waals surface area contributed by atoms with Crippen LogP contribution in [0.15, 0.2) is 18.2 Å². The zero-order chi connectivity index (χ0) is 23.9. The highest BCUT2D eigenvalue weighted by molar-refractivity contribution is 7.86. The fraction of sp³-hybridized carbons (Fsp3) is 0.708. The molecule has 2 saturated heterocycles. The number of fused-ring (bicyclic) bond motifs is 1. The average Bonchev–Trinajstić information content (AvgIpc) is 3.31. The molecule has 3 aliphatic heterocycles. The molecule has 2 atom stereocenters. The highest BCUT2D eigenvalue weighted by atomic mass is 32.2. The molecule has 1 aromatic carbocycles. The molecule has 0 aromatic heterocycles. The topological polar surface area (TPSA) is 88.6 Å². The van der Waals surface area contributed by atoms with E-state index in [2.05, 4.69) is 0 Å². The van der Waals surface area contributed by atoms with Crippen LogP contribution in [-0.4, -0.2) is 86.1 Å². The maximum Gasteiger partial charge on any atom is 0.282 e. The Kier molecular flexibility index (Phi) is 6.52. The zero-order valence-electron chi connectivity index (χ0n) is 20.1. The van der Waals surface area contributed by atoms with Crippen LogP contribution in [0.1, 0.15) is 51.5 Å². The molecule has 1 aliphatic carbocycles. The average molecular weight is 494 g/mol. The molecule has 10 heteroatoms.